The van der Waals surface area contributed by atoms with Crippen LogP contribution in [0.25, 0.3) is 0 Å². The van der Waals surface area contributed by atoms with Gasteiger partial charge in [0.1, 0.15) is 0 Å². The van der Waals surface area contributed by atoms with E-state index >= 15 is 0 Å². The molecule has 0 unspecified atom stereocenters. The van der Waals surface area contributed by atoms with Gasteiger partial charge in [-0.05, 0) is 24.3 Å². The molecule has 1 aromatic carbocycles. The molecule has 0 fully saturated rings. The van der Waals surface area contributed by atoms with E-state index in [2.05, 4.69) is 29.4 Å². The highest BCUT2D eigenvalue weighted by Gasteiger charge is 2.21. The zero-order valence-corrected chi connectivity index (χ0v) is 17.6. The lowest BCUT2D eigenvalue weighted by atomic mass is 10.2. The molecule has 0 bridgehead atoms. The number of nitrogens with one attached hydrogen (secondary N) is 1. The van der Waals surface area contributed by atoms with Crippen molar-refractivity contribution in [3.63, 3.8) is 0 Å². The summed E-state index contributed by atoms with van der Waals surface area (Å²) in [4.78, 5) is 12.3. The van der Waals surface area contributed by atoms with Crippen LogP contribution in [0.1, 0.15) is 24.2 Å². The Hall–Kier alpha value is -1.69. The number of aromatic nitrogens is 2. The minimum atomic E-state index is -3.57. The molecule has 1 N–H and O–H groups in total. The number of hydrogen-bond acceptors (Lipinski definition) is 7. The van der Waals surface area contributed by atoms with E-state index < -0.39 is 10.2 Å². The Morgan fingerprint density at radius 1 is 1.15 bits per heavy atom. The fraction of sp³-hybridized carbons (Fsp3) is 0.400. The van der Waals surface area contributed by atoms with Gasteiger partial charge in [0.15, 0.2) is 4.34 Å². The van der Waals surface area contributed by atoms with E-state index in [-0.39, 0.29) is 5.91 Å². The highest BCUT2D eigenvalue weighted by atomic mass is 32.2. The van der Waals surface area contributed by atoms with Gasteiger partial charge < -0.3 is 0 Å². The minimum Gasteiger partial charge on any atom is -0.296 e. The lowest BCUT2D eigenvalue weighted by molar-refractivity contribution is 0.102. The molecule has 8 nitrogen and oxygen atoms in total. The van der Waals surface area contributed by atoms with Crippen molar-refractivity contribution >= 4 is 50.0 Å². The number of carbonyl (C=O) groups is 1. The van der Waals surface area contributed by atoms with Crippen LogP contribution in [0.4, 0.5) is 10.8 Å². The Kier molecular flexibility index (Phi) is 6.61. The van der Waals surface area contributed by atoms with Gasteiger partial charge in [0.25, 0.3) is 5.91 Å². The maximum atomic E-state index is 12.3. The number of rotatable bonds is 7. The first kappa shape index (κ1) is 20.6. The number of nitrogens with zero attached hydrogens (tertiary/aromatic N) is 4. The van der Waals surface area contributed by atoms with E-state index in [0.717, 1.165) is 13.0 Å². The Morgan fingerprint density at radius 2 is 1.77 bits per heavy atom. The van der Waals surface area contributed by atoms with Gasteiger partial charge in [-0.1, -0.05) is 36.9 Å². The van der Waals surface area contributed by atoms with Crippen LogP contribution in [0.2, 0.25) is 0 Å². The summed E-state index contributed by atoms with van der Waals surface area (Å²) in [5.41, 5.74) is 0.861. The Balaban J connectivity index is 2.08. The van der Waals surface area contributed by atoms with Crippen LogP contribution < -0.4 is 9.62 Å². The second kappa shape index (κ2) is 8.33. The molecule has 1 amide bonds. The normalized spacial score (nSPS) is 11.8. The highest BCUT2D eigenvalue weighted by molar-refractivity contribution is 8.01. The van der Waals surface area contributed by atoms with Crippen molar-refractivity contribution in [3.05, 3.63) is 29.8 Å². The molecule has 2 rings (SSSR count). The molecule has 0 saturated heterocycles. The first-order valence-corrected chi connectivity index (χ1v) is 10.8. The monoisotopic (exact) mass is 415 g/mol. The zero-order chi connectivity index (χ0) is 19.5. The lowest BCUT2D eigenvalue weighted by Crippen LogP contribution is -2.37. The third-order valence-corrected chi connectivity index (χ3v) is 7.02. The molecule has 0 aliphatic carbocycles. The molecule has 0 aliphatic rings. The van der Waals surface area contributed by atoms with Gasteiger partial charge in [-0.25, -0.2) is 0 Å². The van der Waals surface area contributed by atoms with Crippen LogP contribution in [0.3, 0.4) is 0 Å². The van der Waals surface area contributed by atoms with E-state index in [1.54, 1.807) is 36.0 Å². The third kappa shape index (κ3) is 4.93. The van der Waals surface area contributed by atoms with Gasteiger partial charge in [-0.15, -0.1) is 10.2 Å². The van der Waals surface area contributed by atoms with E-state index in [1.807, 2.05) is 0 Å². The second-order valence-electron chi connectivity index (χ2n) is 5.80. The summed E-state index contributed by atoms with van der Waals surface area (Å²) < 4.78 is 27.3. The Labute approximate surface area is 161 Å². The number of benzene rings is 1. The van der Waals surface area contributed by atoms with Crippen LogP contribution in [0.15, 0.2) is 28.6 Å². The molecular weight excluding hydrogens is 394 g/mol. The van der Waals surface area contributed by atoms with Crippen LogP contribution in [0.5, 0.6) is 0 Å². The minimum absolute atomic E-state index is 0.327. The summed E-state index contributed by atoms with van der Waals surface area (Å²) in [6.07, 6.45) is 0. The van der Waals surface area contributed by atoms with Crippen LogP contribution >= 0.6 is 23.1 Å². The van der Waals surface area contributed by atoms with E-state index in [0.29, 0.717) is 21.6 Å². The summed E-state index contributed by atoms with van der Waals surface area (Å²) in [5.74, 6) is -0.327. The SMILES string of the molecule is CC(C)Sc1nnc(NC(=O)c2ccc(N(C)S(=O)(=O)N(C)C)cc2)s1. The summed E-state index contributed by atoms with van der Waals surface area (Å²) in [6.45, 7) is 4.11. The molecule has 0 atom stereocenters. The molecule has 0 radical (unpaired) electrons. The largest absolute Gasteiger partial charge is 0.303 e. The molecule has 142 valence electrons. The Bertz CT molecular complexity index is 863. The maximum Gasteiger partial charge on any atom is 0.303 e. The number of hydrogen-bond donors (Lipinski definition) is 1. The predicted molar refractivity (Wildman–Crippen MR) is 106 cm³/mol. The van der Waals surface area contributed by atoms with E-state index in [1.165, 1.54) is 32.5 Å². The number of carbonyl (C=O) groups excluding carboxylic acids is 1. The van der Waals surface area contributed by atoms with Gasteiger partial charge in [0, 0.05) is 32.0 Å². The fourth-order valence-corrected chi connectivity index (χ4v) is 4.73. The first-order chi connectivity index (χ1) is 12.1. The second-order valence-corrected chi connectivity index (χ2v) is 10.8. The quantitative estimate of drug-likeness (QED) is 0.551. The number of amides is 1. The highest BCUT2D eigenvalue weighted by Crippen LogP contribution is 2.28. The molecule has 11 heteroatoms. The average molecular weight is 416 g/mol. The molecule has 0 saturated carbocycles. The van der Waals surface area contributed by atoms with Crippen LogP contribution in [-0.2, 0) is 10.2 Å². The van der Waals surface area contributed by atoms with Gasteiger partial charge in [0.2, 0.25) is 5.13 Å². The number of anilines is 2. The standard InChI is InChI=1S/C15H21N5O3S3/c1-10(2)24-15-18-17-14(25-15)16-13(21)11-6-8-12(9-7-11)20(5)26(22,23)19(3)4/h6-10H,1-5H3,(H,16,17,21). The predicted octanol–water partition coefficient (Wildman–Crippen LogP) is 2.53. The molecule has 0 aliphatic heterocycles. The topological polar surface area (TPSA) is 95.5 Å². The van der Waals surface area contributed by atoms with Gasteiger partial charge in [-0.2, -0.15) is 12.7 Å². The third-order valence-electron chi connectivity index (χ3n) is 3.26. The molecule has 2 aromatic rings. The summed E-state index contributed by atoms with van der Waals surface area (Å²) in [7, 11) is 0.806. The van der Waals surface area contributed by atoms with Crippen molar-refractivity contribution in [3.8, 4) is 0 Å². The lowest BCUT2D eigenvalue weighted by Gasteiger charge is -2.23. The van der Waals surface area contributed by atoms with Gasteiger partial charge >= 0.3 is 10.2 Å². The van der Waals surface area contributed by atoms with E-state index in [9.17, 15) is 13.2 Å². The summed E-state index contributed by atoms with van der Waals surface area (Å²) in [6, 6.07) is 6.29. The van der Waals surface area contributed by atoms with Gasteiger partial charge in [-0.3, -0.25) is 14.4 Å². The van der Waals surface area contributed by atoms with Gasteiger partial charge in [0.05, 0.1) is 5.69 Å². The van der Waals surface area contributed by atoms with Crippen molar-refractivity contribution in [2.45, 2.75) is 23.4 Å². The number of thioether (sulfide) groups is 1. The first-order valence-electron chi connectivity index (χ1n) is 7.69. The van der Waals surface area contributed by atoms with Crippen molar-refractivity contribution in [2.24, 2.45) is 0 Å². The maximum absolute atomic E-state index is 12.3. The molecule has 0 spiro atoms. The molecule has 1 aromatic heterocycles. The van der Waals surface area contributed by atoms with E-state index in [4.69, 9.17) is 0 Å². The molecule has 26 heavy (non-hydrogen) atoms. The summed E-state index contributed by atoms with van der Waals surface area (Å²) >= 11 is 2.89. The average Bonchev–Trinajstić information content (AvgIpc) is 3.00. The molecular formula is C15H21N5O3S3. The van der Waals surface area contributed by atoms with Crippen molar-refractivity contribution < 1.29 is 13.2 Å². The van der Waals surface area contributed by atoms with Crippen molar-refractivity contribution in [1.29, 1.82) is 0 Å². The zero-order valence-electron chi connectivity index (χ0n) is 15.1. The van der Waals surface area contributed by atoms with Crippen molar-refractivity contribution in [2.75, 3.05) is 30.8 Å². The van der Waals surface area contributed by atoms with Crippen LogP contribution in [0, 0.1) is 0 Å². The smallest absolute Gasteiger partial charge is 0.296 e. The summed E-state index contributed by atoms with van der Waals surface area (Å²) in [5, 5.41) is 11.5. The van der Waals surface area contributed by atoms with Crippen molar-refractivity contribution in [1.82, 2.24) is 14.5 Å². The fourth-order valence-electron chi connectivity index (χ4n) is 1.88. The Morgan fingerprint density at radius 3 is 2.31 bits per heavy atom. The van der Waals surface area contributed by atoms with Crippen LogP contribution in [-0.4, -0.2) is 55.2 Å². The molecule has 1 heterocycles.